The summed E-state index contributed by atoms with van der Waals surface area (Å²) in [6.45, 7) is 0. The molecule has 0 amide bonds. The second-order valence-electron chi connectivity index (χ2n) is 2.20. The van der Waals surface area contributed by atoms with Crippen molar-refractivity contribution in [2.75, 3.05) is 5.90 Å². The van der Waals surface area contributed by atoms with E-state index in [1.54, 1.807) is 0 Å². The fourth-order valence-corrected chi connectivity index (χ4v) is 4.02. The second kappa shape index (κ2) is 2.86. The lowest BCUT2D eigenvalue weighted by Crippen LogP contribution is -1.71. The monoisotopic (exact) mass is 169 g/mol. The summed E-state index contributed by atoms with van der Waals surface area (Å²) >= 11 is 0. The molecule has 1 aliphatic rings. The van der Waals surface area contributed by atoms with Crippen LogP contribution in [0.2, 0.25) is 0 Å². The number of aromatic amines is 1. The smallest absolute Gasteiger partial charge is 0.0456 e. The van der Waals surface area contributed by atoms with E-state index < -0.39 is 0 Å². The molecule has 1 aliphatic heterocycles. The highest BCUT2D eigenvalue weighted by atomic mass is 31.1. The van der Waals surface area contributed by atoms with Gasteiger partial charge < -0.3 is 4.98 Å². The van der Waals surface area contributed by atoms with Crippen molar-refractivity contribution in [3.05, 3.63) is 29.8 Å². The maximum Gasteiger partial charge on any atom is 0.0456 e. The molecule has 1 aromatic rings. The third-order valence-electron chi connectivity index (χ3n) is 1.52. The largest absolute Gasteiger partial charge is 0.361 e. The van der Waals surface area contributed by atoms with Gasteiger partial charge >= 0.3 is 0 Å². The van der Waals surface area contributed by atoms with Crippen molar-refractivity contribution < 1.29 is 0 Å². The molecular weight excluding hydrogens is 160 g/mol. The summed E-state index contributed by atoms with van der Waals surface area (Å²) < 4.78 is 0. The quantitative estimate of drug-likeness (QED) is 0.622. The Morgan fingerprint density at radius 2 is 2.50 bits per heavy atom. The molecule has 2 atom stereocenters. The van der Waals surface area contributed by atoms with Gasteiger partial charge in [0.05, 0.1) is 0 Å². The number of hydrogen-bond donors (Lipinski definition) is 1. The third kappa shape index (κ3) is 1.17. The third-order valence-corrected chi connectivity index (χ3v) is 4.62. The molecule has 0 aromatic carbocycles. The normalized spacial score (nSPS) is 22.2. The molecule has 0 radical (unpaired) electrons. The average Bonchev–Trinajstić information content (AvgIpc) is 2.59. The molecule has 1 nitrogen and oxygen atoms in total. The minimum absolute atomic E-state index is 1.04. The van der Waals surface area contributed by atoms with Crippen molar-refractivity contribution in [2.45, 2.75) is 0 Å². The molecule has 2 rings (SSSR count). The van der Waals surface area contributed by atoms with Crippen LogP contribution in [0.1, 0.15) is 5.69 Å². The van der Waals surface area contributed by atoms with Gasteiger partial charge in [0.2, 0.25) is 0 Å². The molecule has 0 aliphatic carbocycles. The van der Waals surface area contributed by atoms with Crippen molar-refractivity contribution in [1.82, 2.24) is 4.98 Å². The first kappa shape index (κ1) is 6.58. The first-order chi connectivity index (χ1) is 4.97. The Morgan fingerprint density at radius 1 is 1.50 bits per heavy atom. The Kier molecular flexibility index (Phi) is 1.88. The lowest BCUT2D eigenvalue weighted by molar-refractivity contribution is 1.37. The first-order valence-electron chi connectivity index (χ1n) is 3.28. The number of H-pyrrole nitrogens is 1. The first-order valence-corrected chi connectivity index (χ1v) is 5.77. The van der Waals surface area contributed by atoms with Gasteiger partial charge in [-0.2, -0.15) is 0 Å². The van der Waals surface area contributed by atoms with Crippen LogP contribution >= 0.6 is 17.2 Å². The Morgan fingerprint density at radius 3 is 3.10 bits per heavy atom. The molecule has 10 heavy (non-hydrogen) atoms. The minimum Gasteiger partial charge on any atom is -0.361 e. The van der Waals surface area contributed by atoms with Crippen LogP contribution in [0.15, 0.2) is 24.1 Å². The van der Waals surface area contributed by atoms with Crippen molar-refractivity contribution >= 4 is 22.5 Å². The van der Waals surface area contributed by atoms with Gasteiger partial charge in [-0.15, -0.1) is 0 Å². The van der Waals surface area contributed by atoms with Crippen LogP contribution in [-0.2, 0) is 0 Å². The molecule has 0 fully saturated rings. The average molecular weight is 169 g/mol. The Bertz CT molecular complexity index is 238. The van der Waals surface area contributed by atoms with E-state index in [4.69, 9.17) is 0 Å². The van der Waals surface area contributed by atoms with Gasteiger partial charge in [0.15, 0.2) is 0 Å². The fraction of sp³-hybridized carbons (Fsp3) is 0.143. The summed E-state index contributed by atoms with van der Waals surface area (Å²) in [5, 5.41) is 1.53. The van der Waals surface area contributed by atoms with Crippen molar-refractivity contribution in [3.63, 3.8) is 0 Å². The van der Waals surface area contributed by atoms with E-state index in [0.29, 0.717) is 0 Å². The fourth-order valence-electron chi connectivity index (χ4n) is 1.02. The van der Waals surface area contributed by atoms with Crippen LogP contribution in [0, 0.1) is 0 Å². The molecule has 2 unspecified atom stereocenters. The summed E-state index contributed by atoms with van der Waals surface area (Å²) in [6, 6.07) is 4.21. The molecule has 1 N–H and O–H groups in total. The zero-order valence-corrected chi connectivity index (χ0v) is 7.52. The summed E-state index contributed by atoms with van der Waals surface area (Å²) in [4.78, 5) is 3.22. The van der Waals surface area contributed by atoms with Crippen LogP contribution in [0.5, 0.6) is 0 Å². The van der Waals surface area contributed by atoms with Crippen molar-refractivity contribution in [2.24, 2.45) is 0 Å². The van der Waals surface area contributed by atoms with E-state index in [-0.39, 0.29) is 0 Å². The summed E-state index contributed by atoms with van der Waals surface area (Å²) in [7, 11) is 2.09. The van der Waals surface area contributed by atoms with E-state index in [2.05, 4.69) is 22.9 Å². The highest BCUT2D eigenvalue weighted by Gasteiger charge is 2.05. The Balaban J connectivity index is 2.28. The van der Waals surface area contributed by atoms with Gasteiger partial charge in [-0.3, -0.25) is 0 Å². The SMILES string of the molecule is C1=C(c2ccc[nH]2)PCP1. The van der Waals surface area contributed by atoms with Crippen LogP contribution in [-0.4, -0.2) is 10.9 Å². The standard InChI is InChI=1S/C7H9NP2/c1-2-6(8-3-1)7-4-9-5-10-7/h1-4,8-10H,5H2. The maximum atomic E-state index is 3.22. The molecule has 0 saturated carbocycles. The Hall–Kier alpha value is -0.120. The molecule has 0 spiro atoms. The molecule has 3 heteroatoms. The number of hydrogen-bond acceptors (Lipinski definition) is 0. The topological polar surface area (TPSA) is 15.8 Å². The van der Waals surface area contributed by atoms with Crippen molar-refractivity contribution in [3.8, 4) is 0 Å². The summed E-state index contributed by atoms with van der Waals surface area (Å²) in [5.41, 5.74) is 1.32. The van der Waals surface area contributed by atoms with E-state index in [9.17, 15) is 0 Å². The summed E-state index contributed by atoms with van der Waals surface area (Å²) in [5.74, 6) is 3.75. The highest BCUT2D eigenvalue weighted by Crippen LogP contribution is 2.46. The lowest BCUT2D eigenvalue weighted by atomic mass is 10.4. The van der Waals surface area contributed by atoms with Gasteiger partial charge in [0.25, 0.3) is 0 Å². The van der Waals surface area contributed by atoms with Gasteiger partial charge in [0, 0.05) is 11.9 Å². The van der Waals surface area contributed by atoms with E-state index >= 15 is 0 Å². The highest BCUT2D eigenvalue weighted by molar-refractivity contribution is 7.68. The van der Waals surface area contributed by atoms with E-state index in [1.165, 1.54) is 16.9 Å². The van der Waals surface area contributed by atoms with E-state index in [1.807, 2.05) is 6.20 Å². The zero-order chi connectivity index (χ0) is 6.81. The van der Waals surface area contributed by atoms with Crippen LogP contribution < -0.4 is 0 Å². The predicted octanol–water partition coefficient (Wildman–Crippen LogP) is 2.64. The molecule has 0 bridgehead atoms. The lowest BCUT2D eigenvalue weighted by Gasteiger charge is -1.94. The predicted molar refractivity (Wildman–Crippen MR) is 50.3 cm³/mol. The molecule has 52 valence electrons. The molecule has 1 aromatic heterocycles. The van der Waals surface area contributed by atoms with Gasteiger partial charge in [-0.05, 0) is 23.3 Å². The second-order valence-corrected chi connectivity index (χ2v) is 5.20. The maximum absolute atomic E-state index is 3.22. The van der Waals surface area contributed by atoms with E-state index in [0.717, 1.165) is 17.2 Å². The molecule has 0 saturated heterocycles. The van der Waals surface area contributed by atoms with Gasteiger partial charge in [0.1, 0.15) is 0 Å². The Labute approximate surface area is 63.9 Å². The molecule has 2 heterocycles. The minimum atomic E-state index is 1.04. The summed E-state index contributed by atoms with van der Waals surface area (Å²) in [6.07, 6.45) is 1.99. The number of aromatic nitrogens is 1. The molecular formula is C7H9NP2. The van der Waals surface area contributed by atoms with Crippen LogP contribution in [0.25, 0.3) is 5.31 Å². The van der Waals surface area contributed by atoms with Gasteiger partial charge in [-0.25, -0.2) is 0 Å². The van der Waals surface area contributed by atoms with Crippen LogP contribution in [0.3, 0.4) is 0 Å². The van der Waals surface area contributed by atoms with Gasteiger partial charge in [-0.1, -0.05) is 23.0 Å². The number of nitrogens with one attached hydrogen (secondary N) is 1. The zero-order valence-electron chi connectivity index (χ0n) is 5.52. The van der Waals surface area contributed by atoms with Crippen molar-refractivity contribution in [1.29, 1.82) is 0 Å². The van der Waals surface area contributed by atoms with Crippen LogP contribution in [0.4, 0.5) is 0 Å². The number of rotatable bonds is 1.